The molecule has 7 heteroatoms. The number of nitrogens with zero attached hydrogens (tertiary/aromatic N) is 1. The number of carbonyl (C=O) groups is 1. The van der Waals surface area contributed by atoms with Crippen LogP contribution in [0.3, 0.4) is 0 Å². The molecule has 98 valence electrons. The smallest absolute Gasteiger partial charge is 0.312 e. The molecule has 5 nitrogen and oxygen atoms in total. The van der Waals surface area contributed by atoms with Crippen molar-refractivity contribution in [1.29, 1.82) is 0 Å². The molecular weight excluding hydrogens is 309 g/mol. The van der Waals surface area contributed by atoms with E-state index >= 15 is 0 Å². The maximum absolute atomic E-state index is 12.0. The molecule has 0 saturated heterocycles. The highest BCUT2D eigenvalue weighted by atomic mass is 79.9. The summed E-state index contributed by atoms with van der Waals surface area (Å²) in [6, 6.07) is 2.69. The molecule has 18 heavy (non-hydrogen) atoms. The van der Waals surface area contributed by atoms with Crippen molar-refractivity contribution in [2.24, 2.45) is 0 Å². The monoisotopic (exact) mass is 319 g/mol. The van der Waals surface area contributed by atoms with Gasteiger partial charge in [0.05, 0.1) is 23.8 Å². The third-order valence-corrected chi connectivity index (χ3v) is 2.59. The number of ketones is 1. The first-order valence-corrected chi connectivity index (χ1v) is 5.94. The third-order valence-electron chi connectivity index (χ3n) is 2.13. The number of hydrogen-bond acceptors (Lipinski definition) is 4. The minimum atomic E-state index is -0.637. The molecule has 0 bridgehead atoms. The van der Waals surface area contributed by atoms with Gasteiger partial charge in [-0.3, -0.25) is 19.3 Å². The van der Waals surface area contributed by atoms with E-state index in [4.69, 9.17) is 4.74 Å². The maximum atomic E-state index is 12.0. The number of carbonyl (C=O) groups excluding carboxylic acids is 1. The number of Topliss-reactive ketones (excluding diaryl/α,β-unsaturated/α-hetero) is 1. The Morgan fingerprint density at radius 3 is 2.72 bits per heavy atom. The van der Waals surface area contributed by atoms with Crippen molar-refractivity contribution in [3.05, 3.63) is 32.3 Å². The van der Waals surface area contributed by atoms with Crippen LogP contribution in [0.2, 0.25) is 0 Å². The molecule has 1 aromatic rings. The summed E-state index contributed by atoms with van der Waals surface area (Å²) < 4.78 is 17.6. The fourth-order valence-corrected chi connectivity index (χ4v) is 1.80. The number of benzene rings is 1. The summed E-state index contributed by atoms with van der Waals surface area (Å²) in [5.74, 6) is -0.459. The molecule has 0 aromatic heterocycles. The van der Waals surface area contributed by atoms with Crippen LogP contribution in [-0.2, 0) is 0 Å². The van der Waals surface area contributed by atoms with Gasteiger partial charge in [0, 0.05) is 17.0 Å². The van der Waals surface area contributed by atoms with Gasteiger partial charge < -0.3 is 4.74 Å². The largest absolute Gasteiger partial charge is 0.486 e. The van der Waals surface area contributed by atoms with Gasteiger partial charge in [-0.15, -0.1) is 0 Å². The minimum Gasteiger partial charge on any atom is -0.486 e. The molecule has 0 fully saturated rings. The fourth-order valence-electron chi connectivity index (χ4n) is 1.36. The van der Waals surface area contributed by atoms with E-state index in [0.717, 1.165) is 0 Å². The van der Waals surface area contributed by atoms with Gasteiger partial charge in [0.15, 0.2) is 5.78 Å². The second-order valence-electron chi connectivity index (χ2n) is 3.51. The number of rotatable bonds is 6. The maximum Gasteiger partial charge on any atom is 0.312 e. The zero-order chi connectivity index (χ0) is 13.7. The van der Waals surface area contributed by atoms with E-state index in [2.05, 4.69) is 15.9 Å². The van der Waals surface area contributed by atoms with Crippen LogP contribution in [0.5, 0.6) is 5.75 Å². The van der Waals surface area contributed by atoms with E-state index in [9.17, 15) is 19.3 Å². The molecule has 0 spiro atoms. The lowest BCUT2D eigenvalue weighted by Gasteiger charge is -2.10. The van der Waals surface area contributed by atoms with Crippen molar-refractivity contribution in [3.8, 4) is 5.75 Å². The highest BCUT2D eigenvalue weighted by Crippen LogP contribution is 2.35. The summed E-state index contributed by atoms with van der Waals surface area (Å²) in [5.41, 5.74) is -0.205. The van der Waals surface area contributed by atoms with Crippen LogP contribution >= 0.6 is 15.9 Å². The summed E-state index contributed by atoms with van der Waals surface area (Å²) in [4.78, 5) is 21.7. The molecule has 0 saturated carbocycles. The van der Waals surface area contributed by atoms with Crippen LogP contribution in [0.25, 0.3) is 0 Å². The number of ether oxygens (including phenoxy) is 1. The van der Waals surface area contributed by atoms with Crippen molar-refractivity contribution in [2.45, 2.75) is 13.3 Å². The van der Waals surface area contributed by atoms with Crippen molar-refractivity contribution >= 4 is 27.4 Å². The number of alkyl halides is 1. The van der Waals surface area contributed by atoms with Crippen molar-refractivity contribution < 1.29 is 18.8 Å². The van der Waals surface area contributed by atoms with Gasteiger partial charge in [-0.1, -0.05) is 15.9 Å². The van der Waals surface area contributed by atoms with Crippen LogP contribution in [0.4, 0.5) is 10.1 Å². The predicted molar refractivity (Wildman–Crippen MR) is 66.9 cm³/mol. The first kappa shape index (κ1) is 14.6. The first-order valence-electron chi connectivity index (χ1n) is 5.15. The Bertz CT molecular complexity index is 443. The lowest BCUT2D eigenvalue weighted by molar-refractivity contribution is -0.386. The summed E-state index contributed by atoms with van der Waals surface area (Å²) >= 11 is 3.09. The van der Waals surface area contributed by atoms with Gasteiger partial charge in [0.2, 0.25) is 5.75 Å². The van der Waals surface area contributed by atoms with Crippen LogP contribution in [0, 0.1) is 10.1 Å². The summed E-state index contributed by atoms with van der Waals surface area (Å²) in [7, 11) is 0. The fraction of sp³-hybridized carbons (Fsp3) is 0.364. The van der Waals surface area contributed by atoms with Gasteiger partial charge in [-0.05, 0) is 13.0 Å². The number of hydrogen-bond donors (Lipinski definition) is 0. The lowest BCUT2D eigenvalue weighted by atomic mass is 10.1. The average Bonchev–Trinajstić information content (AvgIpc) is 2.30. The molecule has 0 amide bonds. The second-order valence-corrected chi connectivity index (χ2v) is 4.42. The Morgan fingerprint density at radius 1 is 1.56 bits per heavy atom. The van der Waals surface area contributed by atoms with E-state index in [1.807, 2.05) is 0 Å². The Balaban J connectivity index is 3.23. The molecule has 1 aromatic carbocycles. The molecule has 1 rings (SSSR count). The zero-order valence-electron chi connectivity index (χ0n) is 9.61. The Morgan fingerprint density at radius 2 is 2.22 bits per heavy atom. The van der Waals surface area contributed by atoms with Gasteiger partial charge in [0.25, 0.3) is 0 Å². The molecule has 0 unspecified atom stereocenters. The Hall–Kier alpha value is -1.50. The van der Waals surface area contributed by atoms with Crippen LogP contribution in [0.15, 0.2) is 16.6 Å². The number of halogens is 2. The van der Waals surface area contributed by atoms with E-state index in [1.165, 1.54) is 19.1 Å². The van der Waals surface area contributed by atoms with Gasteiger partial charge >= 0.3 is 5.69 Å². The highest BCUT2D eigenvalue weighted by molar-refractivity contribution is 9.10. The molecule has 0 aliphatic rings. The first-order chi connectivity index (χ1) is 8.47. The standard InChI is InChI=1S/C11H11BrFNO4/c1-7(15)9-5-8(12)6-10(14(16)17)11(9)18-4-2-3-13/h5-6H,2-4H2,1H3. The van der Waals surface area contributed by atoms with Crippen LogP contribution in [-0.4, -0.2) is 24.0 Å². The van der Waals surface area contributed by atoms with E-state index in [1.54, 1.807) is 0 Å². The third kappa shape index (κ3) is 3.49. The van der Waals surface area contributed by atoms with Gasteiger partial charge in [-0.25, -0.2) is 0 Å². The molecule has 0 aliphatic carbocycles. The van der Waals surface area contributed by atoms with Crippen molar-refractivity contribution in [3.63, 3.8) is 0 Å². The van der Waals surface area contributed by atoms with E-state index < -0.39 is 11.6 Å². The molecule has 0 radical (unpaired) electrons. The topological polar surface area (TPSA) is 69.4 Å². The lowest BCUT2D eigenvalue weighted by Crippen LogP contribution is -2.06. The number of nitro benzene ring substituents is 1. The number of nitro groups is 1. The van der Waals surface area contributed by atoms with Crippen molar-refractivity contribution in [2.75, 3.05) is 13.3 Å². The molecule has 0 aliphatic heterocycles. The van der Waals surface area contributed by atoms with Crippen LogP contribution in [0.1, 0.15) is 23.7 Å². The Labute approximate surface area is 111 Å². The summed E-state index contributed by atoms with van der Waals surface area (Å²) in [5, 5.41) is 10.9. The van der Waals surface area contributed by atoms with Crippen LogP contribution < -0.4 is 4.74 Å². The second kappa shape index (κ2) is 6.44. The van der Waals surface area contributed by atoms with E-state index in [-0.39, 0.29) is 35.8 Å². The molecule has 0 atom stereocenters. The molecular formula is C11H11BrFNO4. The SMILES string of the molecule is CC(=O)c1cc(Br)cc([N+](=O)[O-])c1OCCCF. The average molecular weight is 320 g/mol. The molecule has 0 heterocycles. The normalized spacial score (nSPS) is 10.2. The summed E-state index contributed by atoms with van der Waals surface area (Å²) in [6.07, 6.45) is 0.116. The minimum absolute atomic E-state index is 0.0146. The highest BCUT2D eigenvalue weighted by Gasteiger charge is 2.23. The van der Waals surface area contributed by atoms with Gasteiger partial charge in [0.1, 0.15) is 0 Å². The van der Waals surface area contributed by atoms with E-state index in [0.29, 0.717) is 4.47 Å². The Kier molecular flexibility index (Phi) is 5.21. The van der Waals surface area contributed by atoms with Crippen molar-refractivity contribution in [1.82, 2.24) is 0 Å². The van der Waals surface area contributed by atoms with Gasteiger partial charge in [-0.2, -0.15) is 0 Å². The zero-order valence-corrected chi connectivity index (χ0v) is 11.2. The summed E-state index contributed by atoms with van der Waals surface area (Å²) in [6.45, 7) is 0.687. The quantitative estimate of drug-likeness (QED) is 0.349. The molecule has 0 N–H and O–H groups in total. The predicted octanol–water partition coefficient (Wildman–Crippen LogP) is 3.30.